The zero-order valence-corrected chi connectivity index (χ0v) is 11.3. The molecule has 7 fully saturated rings. The van der Waals surface area contributed by atoms with Crippen molar-refractivity contribution in [2.24, 2.45) is 47.3 Å². The summed E-state index contributed by atoms with van der Waals surface area (Å²) in [5.41, 5.74) is 4.18. The van der Waals surface area contributed by atoms with E-state index in [4.69, 9.17) is 0 Å². The lowest BCUT2D eigenvalue weighted by atomic mass is 9.54. The molecule has 0 nitrogen and oxygen atoms in total. The Bertz CT molecular complexity index is 409. The average Bonchev–Trinajstić information content (AvgIpc) is 2.77. The highest BCUT2D eigenvalue weighted by atomic mass is 14.7. The first-order valence-electron chi connectivity index (χ1n) is 8.62. The molecule has 96 valence electrons. The van der Waals surface area contributed by atoms with Crippen LogP contribution in [0.15, 0.2) is 11.1 Å². The summed E-state index contributed by atoms with van der Waals surface area (Å²) >= 11 is 0. The SMILES string of the molecule is C1C2CC3CC1CC(C2)C3=C1C2C3CCC(C3)C12. The van der Waals surface area contributed by atoms with E-state index in [1.165, 1.54) is 0 Å². The summed E-state index contributed by atoms with van der Waals surface area (Å²) in [6, 6.07) is 0. The molecule has 0 spiro atoms. The second kappa shape index (κ2) is 2.91. The van der Waals surface area contributed by atoms with E-state index in [0.29, 0.717) is 0 Å². The molecule has 0 aromatic carbocycles. The Labute approximate surface area is 110 Å². The second-order valence-electron chi connectivity index (χ2n) is 8.60. The highest BCUT2D eigenvalue weighted by molar-refractivity contribution is 5.44. The molecule has 0 radical (unpaired) electrons. The molecule has 7 saturated carbocycles. The summed E-state index contributed by atoms with van der Waals surface area (Å²) in [6.07, 6.45) is 12.8. The van der Waals surface area contributed by atoms with Gasteiger partial charge in [0.15, 0.2) is 0 Å². The maximum Gasteiger partial charge on any atom is -0.0100 e. The van der Waals surface area contributed by atoms with E-state index < -0.39 is 0 Å². The van der Waals surface area contributed by atoms with E-state index in [1.807, 2.05) is 0 Å². The van der Waals surface area contributed by atoms with Gasteiger partial charge >= 0.3 is 0 Å². The summed E-state index contributed by atoms with van der Waals surface area (Å²) in [6.45, 7) is 0. The Morgan fingerprint density at radius 1 is 0.556 bits per heavy atom. The van der Waals surface area contributed by atoms with Gasteiger partial charge in [0.05, 0.1) is 0 Å². The molecule has 6 bridgehead atoms. The van der Waals surface area contributed by atoms with Gasteiger partial charge in [0.25, 0.3) is 0 Å². The third kappa shape index (κ3) is 0.991. The van der Waals surface area contributed by atoms with Gasteiger partial charge in [-0.1, -0.05) is 11.1 Å². The lowest BCUT2D eigenvalue weighted by molar-refractivity contribution is 0.0685. The van der Waals surface area contributed by atoms with Crippen LogP contribution in [0.4, 0.5) is 0 Å². The highest BCUT2D eigenvalue weighted by Gasteiger charge is 2.63. The third-order valence-corrected chi connectivity index (χ3v) is 7.88. The second-order valence-corrected chi connectivity index (χ2v) is 8.60. The fraction of sp³-hybridized carbons (Fsp3) is 0.889. The molecule has 7 aliphatic rings. The van der Waals surface area contributed by atoms with Gasteiger partial charge in [0.1, 0.15) is 0 Å². The van der Waals surface area contributed by atoms with Crippen LogP contribution in [-0.4, -0.2) is 0 Å². The van der Waals surface area contributed by atoms with Gasteiger partial charge in [0, 0.05) is 0 Å². The zero-order chi connectivity index (χ0) is 11.4. The predicted molar refractivity (Wildman–Crippen MR) is 71.9 cm³/mol. The minimum atomic E-state index is 1.08. The lowest BCUT2D eigenvalue weighted by Gasteiger charge is -2.51. The molecule has 0 aromatic heterocycles. The molecular weight excluding hydrogens is 216 g/mol. The Morgan fingerprint density at radius 2 is 1.11 bits per heavy atom. The topological polar surface area (TPSA) is 0 Å². The standard InChI is InChI=1S/C18H24/c1-2-12-8-11(1)16-17(12)18(16)15-13-4-9-3-10(6-13)7-14(15)5-9/h9-14,16-17H,1-8H2. The average molecular weight is 240 g/mol. The number of rotatable bonds is 0. The molecule has 18 heavy (non-hydrogen) atoms. The summed E-state index contributed by atoms with van der Waals surface area (Å²) < 4.78 is 0. The molecule has 0 N–H and O–H groups in total. The van der Waals surface area contributed by atoms with Crippen LogP contribution in [0, 0.1) is 47.3 Å². The smallest absolute Gasteiger partial charge is 0.0100 e. The summed E-state index contributed by atoms with van der Waals surface area (Å²) in [5.74, 6) is 9.04. The molecule has 0 heteroatoms. The van der Waals surface area contributed by atoms with Crippen molar-refractivity contribution in [3.05, 3.63) is 11.1 Å². The van der Waals surface area contributed by atoms with Gasteiger partial charge in [-0.3, -0.25) is 0 Å². The number of hydrogen-bond donors (Lipinski definition) is 0. The Balaban J connectivity index is 1.44. The maximum atomic E-state index is 2.09. The zero-order valence-electron chi connectivity index (χ0n) is 11.3. The van der Waals surface area contributed by atoms with Crippen LogP contribution in [-0.2, 0) is 0 Å². The Hall–Kier alpha value is -0.260. The largest absolute Gasteiger partial charge is 0.0641 e. The molecule has 0 aromatic rings. The van der Waals surface area contributed by atoms with Crippen LogP contribution >= 0.6 is 0 Å². The monoisotopic (exact) mass is 240 g/mol. The van der Waals surface area contributed by atoms with E-state index in [-0.39, 0.29) is 0 Å². The van der Waals surface area contributed by atoms with Gasteiger partial charge in [-0.2, -0.15) is 0 Å². The molecule has 0 heterocycles. The van der Waals surface area contributed by atoms with Crippen molar-refractivity contribution in [1.29, 1.82) is 0 Å². The molecular formula is C18H24. The van der Waals surface area contributed by atoms with Crippen molar-refractivity contribution >= 4 is 0 Å². The van der Waals surface area contributed by atoms with Gasteiger partial charge in [-0.05, 0) is 98.7 Å². The maximum absolute atomic E-state index is 2.09. The molecule has 4 unspecified atom stereocenters. The van der Waals surface area contributed by atoms with Crippen LogP contribution in [0.25, 0.3) is 0 Å². The van der Waals surface area contributed by atoms with Crippen LogP contribution in [0.1, 0.15) is 51.4 Å². The minimum Gasteiger partial charge on any atom is -0.0641 e. The summed E-state index contributed by atoms with van der Waals surface area (Å²) in [5, 5.41) is 0. The highest BCUT2D eigenvalue weighted by Crippen LogP contribution is 2.72. The number of allylic oxidation sites excluding steroid dienone is 2. The van der Waals surface area contributed by atoms with Crippen molar-refractivity contribution in [2.75, 3.05) is 0 Å². The van der Waals surface area contributed by atoms with Crippen LogP contribution in [0.5, 0.6) is 0 Å². The van der Waals surface area contributed by atoms with Gasteiger partial charge in [-0.15, -0.1) is 0 Å². The Morgan fingerprint density at radius 3 is 1.67 bits per heavy atom. The fourth-order valence-electron chi connectivity index (χ4n) is 7.65. The molecule has 7 rings (SSSR count). The van der Waals surface area contributed by atoms with Crippen molar-refractivity contribution in [3.63, 3.8) is 0 Å². The van der Waals surface area contributed by atoms with Gasteiger partial charge in [0.2, 0.25) is 0 Å². The first-order valence-corrected chi connectivity index (χ1v) is 8.62. The summed E-state index contributed by atoms with van der Waals surface area (Å²) in [7, 11) is 0. The van der Waals surface area contributed by atoms with Crippen molar-refractivity contribution in [3.8, 4) is 0 Å². The minimum absolute atomic E-state index is 1.08. The Kier molecular flexibility index (Phi) is 1.56. The van der Waals surface area contributed by atoms with E-state index in [1.54, 1.807) is 51.4 Å². The number of hydrogen-bond acceptors (Lipinski definition) is 0. The van der Waals surface area contributed by atoms with Gasteiger partial charge < -0.3 is 0 Å². The van der Waals surface area contributed by atoms with Gasteiger partial charge in [-0.25, -0.2) is 0 Å². The normalized spacial score (nSPS) is 62.7. The number of fused-ring (bicyclic) bond motifs is 5. The van der Waals surface area contributed by atoms with Crippen molar-refractivity contribution < 1.29 is 0 Å². The van der Waals surface area contributed by atoms with Crippen LogP contribution in [0.3, 0.4) is 0 Å². The van der Waals surface area contributed by atoms with E-state index >= 15 is 0 Å². The first kappa shape index (κ1) is 9.61. The lowest BCUT2D eigenvalue weighted by Crippen LogP contribution is -2.40. The van der Waals surface area contributed by atoms with Crippen LogP contribution < -0.4 is 0 Å². The molecule has 0 saturated heterocycles. The van der Waals surface area contributed by atoms with Crippen molar-refractivity contribution in [2.45, 2.75) is 51.4 Å². The fourth-order valence-corrected chi connectivity index (χ4v) is 7.65. The quantitative estimate of drug-likeness (QED) is 0.550. The van der Waals surface area contributed by atoms with E-state index in [2.05, 4.69) is 11.1 Å². The van der Waals surface area contributed by atoms with E-state index in [0.717, 1.165) is 47.3 Å². The first-order chi connectivity index (χ1) is 8.88. The summed E-state index contributed by atoms with van der Waals surface area (Å²) in [4.78, 5) is 0. The molecule has 4 atom stereocenters. The molecule has 0 amide bonds. The third-order valence-electron chi connectivity index (χ3n) is 7.88. The molecule has 7 aliphatic carbocycles. The van der Waals surface area contributed by atoms with Crippen LogP contribution in [0.2, 0.25) is 0 Å². The van der Waals surface area contributed by atoms with Crippen molar-refractivity contribution in [1.82, 2.24) is 0 Å². The van der Waals surface area contributed by atoms with E-state index in [9.17, 15) is 0 Å². The molecule has 0 aliphatic heterocycles. The predicted octanol–water partition coefficient (Wildman–Crippen LogP) is 4.42.